The molecule has 4 N–H and O–H groups in total. The Hall–Kier alpha value is -1.10. The molecule has 21 heavy (non-hydrogen) atoms. The van der Waals surface area contributed by atoms with Crippen LogP contribution in [0.3, 0.4) is 0 Å². The number of carbonyl (C=O) groups excluding carboxylic acids is 2. The molecule has 2 fully saturated rings. The predicted molar refractivity (Wildman–Crippen MR) is 82.6 cm³/mol. The Balaban J connectivity index is 1.70. The Bertz CT molecular complexity index is 359. The average Bonchev–Trinajstić information content (AvgIpc) is 2.48. The Morgan fingerprint density at radius 2 is 1.57 bits per heavy atom. The van der Waals surface area contributed by atoms with Gasteiger partial charge >= 0.3 is 0 Å². The minimum Gasteiger partial charge on any atom is -0.369 e. The second-order valence-electron chi connectivity index (χ2n) is 6.68. The van der Waals surface area contributed by atoms with Crippen molar-refractivity contribution >= 4 is 11.8 Å². The molecule has 120 valence electrons. The van der Waals surface area contributed by atoms with Crippen LogP contribution in [0.25, 0.3) is 0 Å². The van der Waals surface area contributed by atoms with Gasteiger partial charge in [-0.3, -0.25) is 9.59 Å². The number of nitrogens with one attached hydrogen (secondary N) is 2. The molecule has 2 aliphatic carbocycles. The first kappa shape index (κ1) is 16.3. The fraction of sp³-hybridized carbons (Fsp3) is 0.875. The fourth-order valence-corrected chi connectivity index (χ4v) is 3.55. The smallest absolute Gasteiger partial charge is 0.237 e. The molecule has 0 spiro atoms. The molecule has 2 amide bonds. The van der Waals surface area contributed by atoms with E-state index in [4.69, 9.17) is 5.73 Å². The highest BCUT2D eigenvalue weighted by Crippen LogP contribution is 2.24. The van der Waals surface area contributed by atoms with Crippen LogP contribution in [-0.2, 0) is 9.59 Å². The molecule has 0 aromatic heterocycles. The Morgan fingerprint density at radius 1 is 0.952 bits per heavy atom. The molecule has 0 saturated heterocycles. The average molecular weight is 295 g/mol. The number of primary amides is 1. The Kier molecular flexibility index (Phi) is 6.03. The van der Waals surface area contributed by atoms with Gasteiger partial charge in [-0.15, -0.1) is 0 Å². The molecule has 5 nitrogen and oxygen atoms in total. The van der Waals surface area contributed by atoms with Crippen molar-refractivity contribution in [2.24, 2.45) is 11.7 Å². The SMILES string of the molecule is CC(NC1CCC(C(N)=O)CC1)C(=O)NC1CCCCC1. The summed E-state index contributed by atoms with van der Waals surface area (Å²) in [5.41, 5.74) is 5.34. The molecular weight excluding hydrogens is 266 g/mol. The van der Waals surface area contributed by atoms with Gasteiger partial charge in [0.15, 0.2) is 0 Å². The maximum absolute atomic E-state index is 12.2. The van der Waals surface area contributed by atoms with Gasteiger partial charge in [0.25, 0.3) is 0 Å². The van der Waals surface area contributed by atoms with Gasteiger partial charge in [-0.2, -0.15) is 0 Å². The van der Waals surface area contributed by atoms with E-state index in [1.807, 2.05) is 6.92 Å². The number of rotatable bonds is 5. The van der Waals surface area contributed by atoms with Crippen LogP contribution < -0.4 is 16.4 Å². The summed E-state index contributed by atoms with van der Waals surface area (Å²) in [4.78, 5) is 23.4. The second kappa shape index (κ2) is 7.78. The largest absolute Gasteiger partial charge is 0.369 e. The summed E-state index contributed by atoms with van der Waals surface area (Å²) in [7, 11) is 0. The fourth-order valence-electron chi connectivity index (χ4n) is 3.55. The highest BCUT2D eigenvalue weighted by molar-refractivity contribution is 5.81. The van der Waals surface area contributed by atoms with Gasteiger partial charge < -0.3 is 16.4 Å². The molecule has 1 atom stereocenters. The summed E-state index contributed by atoms with van der Waals surface area (Å²) < 4.78 is 0. The number of nitrogens with two attached hydrogens (primary N) is 1. The van der Waals surface area contributed by atoms with E-state index >= 15 is 0 Å². The molecule has 1 unspecified atom stereocenters. The minimum absolute atomic E-state index is 0.0226. The maximum Gasteiger partial charge on any atom is 0.237 e. The van der Waals surface area contributed by atoms with Crippen molar-refractivity contribution in [2.45, 2.75) is 82.8 Å². The van der Waals surface area contributed by atoms with E-state index in [0.717, 1.165) is 38.5 Å². The molecule has 2 rings (SSSR count). The van der Waals surface area contributed by atoms with E-state index in [2.05, 4.69) is 10.6 Å². The van der Waals surface area contributed by atoms with Gasteiger partial charge in [-0.1, -0.05) is 19.3 Å². The van der Waals surface area contributed by atoms with Crippen LogP contribution in [0.2, 0.25) is 0 Å². The highest BCUT2D eigenvalue weighted by Gasteiger charge is 2.27. The minimum atomic E-state index is -0.184. The van der Waals surface area contributed by atoms with Gasteiger partial charge in [0.2, 0.25) is 11.8 Å². The number of carbonyl (C=O) groups is 2. The summed E-state index contributed by atoms with van der Waals surface area (Å²) in [6.45, 7) is 1.93. The van der Waals surface area contributed by atoms with Crippen LogP contribution in [0.5, 0.6) is 0 Å². The third kappa shape index (κ3) is 4.99. The standard InChI is InChI=1S/C16H29N3O2/c1-11(16(21)19-13-5-3-2-4-6-13)18-14-9-7-12(8-10-14)15(17)20/h11-14,18H,2-10H2,1H3,(H2,17,20)(H,19,21). The topological polar surface area (TPSA) is 84.2 Å². The number of hydrogen-bond acceptors (Lipinski definition) is 3. The molecule has 0 radical (unpaired) electrons. The summed E-state index contributed by atoms with van der Waals surface area (Å²) in [5.74, 6) is -0.0510. The summed E-state index contributed by atoms with van der Waals surface area (Å²) >= 11 is 0. The number of hydrogen-bond donors (Lipinski definition) is 3. The lowest BCUT2D eigenvalue weighted by Crippen LogP contribution is -2.50. The first-order valence-electron chi connectivity index (χ1n) is 8.42. The van der Waals surface area contributed by atoms with Crippen molar-refractivity contribution in [1.29, 1.82) is 0 Å². The van der Waals surface area contributed by atoms with Crippen LogP contribution >= 0.6 is 0 Å². The van der Waals surface area contributed by atoms with Crippen molar-refractivity contribution in [3.63, 3.8) is 0 Å². The molecule has 0 heterocycles. The summed E-state index contributed by atoms with van der Waals surface area (Å²) in [6, 6.07) is 0.524. The zero-order chi connectivity index (χ0) is 15.2. The van der Waals surface area contributed by atoms with Crippen LogP contribution in [0, 0.1) is 5.92 Å². The molecule has 0 aromatic rings. The Morgan fingerprint density at radius 3 is 2.14 bits per heavy atom. The van der Waals surface area contributed by atoms with Gasteiger partial charge in [0.05, 0.1) is 6.04 Å². The maximum atomic E-state index is 12.2. The van der Waals surface area contributed by atoms with Crippen LogP contribution in [-0.4, -0.2) is 29.9 Å². The lowest BCUT2D eigenvalue weighted by molar-refractivity contribution is -0.125. The molecule has 2 aliphatic rings. The zero-order valence-electron chi connectivity index (χ0n) is 13.1. The van der Waals surface area contributed by atoms with Gasteiger partial charge in [0, 0.05) is 18.0 Å². The van der Waals surface area contributed by atoms with E-state index in [-0.39, 0.29) is 23.8 Å². The molecule has 2 saturated carbocycles. The normalized spacial score (nSPS) is 28.8. The zero-order valence-corrected chi connectivity index (χ0v) is 13.1. The van der Waals surface area contributed by atoms with E-state index in [9.17, 15) is 9.59 Å². The first-order chi connectivity index (χ1) is 10.1. The molecule has 0 bridgehead atoms. The van der Waals surface area contributed by atoms with E-state index < -0.39 is 0 Å². The van der Waals surface area contributed by atoms with E-state index in [1.165, 1.54) is 19.3 Å². The van der Waals surface area contributed by atoms with E-state index in [0.29, 0.717) is 12.1 Å². The van der Waals surface area contributed by atoms with Crippen molar-refractivity contribution in [3.05, 3.63) is 0 Å². The Labute approximate surface area is 127 Å². The molecule has 0 aromatic carbocycles. The highest BCUT2D eigenvalue weighted by atomic mass is 16.2. The molecule has 0 aliphatic heterocycles. The quantitative estimate of drug-likeness (QED) is 0.718. The second-order valence-corrected chi connectivity index (χ2v) is 6.68. The third-order valence-corrected chi connectivity index (χ3v) is 4.96. The summed E-state index contributed by atoms with van der Waals surface area (Å²) in [6.07, 6.45) is 9.50. The lowest BCUT2D eigenvalue weighted by Gasteiger charge is -2.30. The number of amides is 2. The van der Waals surface area contributed by atoms with Crippen LogP contribution in [0.1, 0.15) is 64.7 Å². The van der Waals surface area contributed by atoms with E-state index in [1.54, 1.807) is 0 Å². The van der Waals surface area contributed by atoms with Crippen LogP contribution in [0.4, 0.5) is 0 Å². The third-order valence-electron chi connectivity index (χ3n) is 4.96. The molecule has 5 heteroatoms. The lowest BCUT2D eigenvalue weighted by atomic mass is 9.85. The molecular formula is C16H29N3O2. The van der Waals surface area contributed by atoms with Gasteiger partial charge in [-0.25, -0.2) is 0 Å². The summed E-state index contributed by atoms with van der Waals surface area (Å²) in [5, 5.41) is 6.56. The van der Waals surface area contributed by atoms with Crippen molar-refractivity contribution in [1.82, 2.24) is 10.6 Å². The first-order valence-corrected chi connectivity index (χ1v) is 8.42. The van der Waals surface area contributed by atoms with Crippen molar-refractivity contribution in [3.8, 4) is 0 Å². The predicted octanol–water partition coefficient (Wildman–Crippen LogP) is 1.46. The van der Waals surface area contributed by atoms with Crippen LogP contribution in [0.15, 0.2) is 0 Å². The van der Waals surface area contributed by atoms with Crippen molar-refractivity contribution in [2.75, 3.05) is 0 Å². The van der Waals surface area contributed by atoms with Crippen molar-refractivity contribution < 1.29 is 9.59 Å². The van der Waals surface area contributed by atoms with Gasteiger partial charge in [-0.05, 0) is 45.4 Å². The monoisotopic (exact) mass is 295 g/mol. The van der Waals surface area contributed by atoms with Gasteiger partial charge in [0.1, 0.15) is 0 Å².